The molecule has 1 rings (SSSR count). The van der Waals surface area contributed by atoms with E-state index in [2.05, 4.69) is 0 Å². The number of nitro groups is 1. The second-order valence-corrected chi connectivity index (χ2v) is 5.73. The molecule has 0 saturated heterocycles. The van der Waals surface area contributed by atoms with Crippen molar-refractivity contribution in [3.63, 3.8) is 0 Å². The smallest absolute Gasteiger partial charge is 0.283 e. The molecule has 19 heavy (non-hydrogen) atoms. The van der Waals surface area contributed by atoms with Crippen LogP contribution in [-0.2, 0) is 0 Å². The van der Waals surface area contributed by atoms with E-state index in [-0.39, 0.29) is 29.0 Å². The molecule has 0 bridgehead atoms. The van der Waals surface area contributed by atoms with Crippen molar-refractivity contribution in [3.8, 4) is 0 Å². The fourth-order valence-corrected chi connectivity index (χ4v) is 2.31. The lowest BCUT2D eigenvalue weighted by molar-refractivity contribution is -0.387. The first-order valence-corrected chi connectivity index (χ1v) is 6.52. The topological polar surface area (TPSA) is 83.7 Å². The van der Waals surface area contributed by atoms with Crippen LogP contribution < -0.4 is 0 Å². The van der Waals surface area contributed by atoms with E-state index in [1.807, 2.05) is 0 Å². The van der Waals surface area contributed by atoms with E-state index in [9.17, 15) is 14.9 Å². The number of carbonyl (C=O) groups is 1. The number of benzene rings is 1. The maximum Gasteiger partial charge on any atom is 0.283 e. The van der Waals surface area contributed by atoms with Crippen molar-refractivity contribution >= 4 is 23.4 Å². The predicted molar refractivity (Wildman–Crippen MR) is 73.5 cm³/mol. The van der Waals surface area contributed by atoms with Gasteiger partial charge in [0.25, 0.3) is 11.6 Å². The molecule has 0 aliphatic heterocycles. The molecule has 1 aromatic carbocycles. The Morgan fingerprint density at radius 2 is 2.16 bits per heavy atom. The number of thioether (sulfide) groups is 1. The third-order valence-electron chi connectivity index (χ3n) is 2.39. The summed E-state index contributed by atoms with van der Waals surface area (Å²) in [5.74, 6) is -0.283. The number of aliphatic hydroxyl groups is 1. The quantitative estimate of drug-likeness (QED) is 0.506. The standard InChI is InChI=1S/C12H16N2O4S/c1-8(7-15)19-11-5-4-9(12(16)13(2)3)6-10(11)14(17)18/h4-6,8,15H,7H2,1-3H3. The summed E-state index contributed by atoms with van der Waals surface area (Å²) >= 11 is 1.21. The Kier molecular flexibility index (Phi) is 5.31. The van der Waals surface area contributed by atoms with Gasteiger partial charge in [0, 0.05) is 31.0 Å². The average Bonchev–Trinajstić information content (AvgIpc) is 2.37. The van der Waals surface area contributed by atoms with E-state index in [1.165, 1.54) is 22.7 Å². The lowest BCUT2D eigenvalue weighted by Gasteiger charge is -2.12. The Bertz CT molecular complexity index is 491. The van der Waals surface area contributed by atoms with E-state index in [0.717, 1.165) is 0 Å². The van der Waals surface area contributed by atoms with Crippen molar-refractivity contribution in [1.82, 2.24) is 4.90 Å². The van der Waals surface area contributed by atoms with Gasteiger partial charge in [-0.15, -0.1) is 11.8 Å². The van der Waals surface area contributed by atoms with E-state index in [1.54, 1.807) is 33.2 Å². The van der Waals surface area contributed by atoms with Crippen LogP contribution in [0.15, 0.2) is 23.1 Å². The molecule has 0 aromatic heterocycles. The molecule has 0 aliphatic rings. The van der Waals surface area contributed by atoms with Crippen LogP contribution in [0.5, 0.6) is 0 Å². The zero-order valence-corrected chi connectivity index (χ0v) is 11.8. The highest BCUT2D eigenvalue weighted by Gasteiger charge is 2.20. The molecule has 0 saturated carbocycles. The largest absolute Gasteiger partial charge is 0.395 e. The molecule has 1 atom stereocenters. The molecule has 1 aromatic rings. The van der Waals surface area contributed by atoms with E-state index in [4.69, 9.17) is 5.11 Å². The molecule has 7 heteroatoms. The molecule has 1 N–H and O–H groups in total. The fourth-order valence-electron chi connectivity index (χ4n) is 1.40. The third kappa shape index (κ3) is 3.93. The zero-order chi connectivity index (χ0) is 14.6. The minimum atomic E-state index is -0.515. The maximum atomic E-state index is 11.8. The molecule has 1 amide bonds. The molecule has 0 radical (unpaired) electrons. The summed E-state index contributed by atoms with van der Waals surface area (Å²) in [4.78, 5) is 24.1. The van der Waals surface area contributed by atoms with Gasteiger partial charge in [0.2, 0.25) is 0 Å². The molecular formula is C12H16N2O4S. The molecule has 0 spiro atoms. The van der Waals surface area contributed by atoms with Gasteiger partial charge in [-0.1, -0.05) is 6.92 Å². The fraction of sp³-hybridized carbons (Fsp3) is 0.417. The minimum absolute atomic E-state index is 0.0692. The highest BCUT2D eigenvalue weighted by atomic mass is 32.2. The average molecular weight is 284 g/mol. The number of nitrogens with zero attached hydrogens (tertiary/aromatic N) is 2. The van der Waals surface area contributed by atoms with Gasteiger partial charge in [0.05, 0.1) is 16.4 Å². The number of hydrogen-bond acceptors (Lipinski definition) is 5. The monoisotopic (exact) mass is 284 g/mol. The molecule has 0 heterocycles. The van der Waals surface area contributed by atoms with E-state index in [0.29, 0.717) is 4.90 Å². The summed E-state index contributed by atoms with van der Waals surface area (Å²) < 4.78 is 0. The molecule has 0 aliphatic carbocycles. The van der Waals surface area contributed by atoms with Crippen LogP contribution in [0, 0.1) is 10.1 Å². The van der Waals surface area contributed by atoms with Crippen LogP contribution in [-0.4, -0.2) is 46.8 Å². The van der Waals surface area contributed by atoms with E-state index >= 15 is 0 Å². The van der Waals surface area contributed by atoms with Crippen molar-refractivity contribution in [2.45, 2.75) is 17.1 Å². The van der Waals surface area contributed by atoms with Crippen LogP contribution in [0.2, 0.25) is 0 Å². The Balaban J connectivity index is 3.15. The summed E-state index contributed by atoms with van der Waals surface area (Å²) in [6.07, 6.45) is 0. The van der Waals surface area contributed by atoms with Crippen molar-refractivity contribution < 1.29 is 14.8 Å². The van der Waals surface area contributed by atoms with Crippen molar-refractivity contribution in [2.75, 3.05) is 20.7 Å². The zero-order valence-electron chi connectivity index (χ0n) is 11.0. The normalized spacial score (nSPS) is 12.0. The summed E-state index contributed by atoms with van der Waals surface area (Å²) in [6, 6.07) is 4.38. The Hall–Kier alpha value is -1.60. The van der Waals surface area contributed by atoms with Gasteiger partial charge in [0.1, 0.15) is 0 Å². The number of aliphatic hydroxyl groups excluding tert-OH is 1. The second-order valence-electron chi connectivity index (χ2n) is 4.25. The SMILES string of the molecule is CC(CO)Sc1ccc(C(=O)N(C)C)cc1[N+](=O)[O-]. The highest BCUT2D eigenvalue weighted by Crippen LogP contribution is 2.32. The molecular weight excluding hydrogens is 268 g/mol. The lowest BCUT2D eigenvalue weighted by atomic mass is 10.2. The third-order valence-corrected chi connectivity index (χ3v) is 3.54. The highest BCUT2D eigenvalue weighted by molar-refractivity contribution is 8.00. The van der Waals surface area contributed by atoms with Gasteiger partial charge in [-0.25, -0.2) is 0 Å². The molecule has 6 nitrogen and oxygen atoms in total. The lowest BCUT2D eigenvalue weighted by Crippen LogP contribution is -2.21. The number of amides is 1. The van der Waals surface area contributed by atoms with Gasteiger partial charge >= 0.3 is 0 Å². The first-order valence-electron chi connectivity index (χ1n) is 5.64. The van der Waals surface area contributed by atoms with Gasteiger partial charge < -0.3 is 10.0 Å². The number of nitro benzene ring substituents is 1. The second kappa shape index (κ2) is 6.53. The molecule has 104 valence electrons. The van der Waals surface area contributed by atoms with Crippen molar-refractivity contribution in [2.24, 2.45) is 0 Å². The Labute approximate surface area is 115 Å². The summed E-state index contributed by atoms with van der Waals surface area (Å²) in [6.45, 7) is 1.70. The van der Waals surface area contributed by atoms with Crippen LogP contribution in [0.1, 0.15) is 17.3 Å². The van der Waals surface area contributed by atoms with Crippen LogP contribution >= 0.6 is 11.8 Å². The first-order chi connectivity index (χ1) is 8.86. The number of hydrogen-bond donors (Lipinski definition) is 1. The summed E-state index contributed by atoms with van der Waals surface area (Å²) in [7, 11) is 3.18. The molecule has 1 unspecified atom stereocenters. The van der Waals surface area contributed by atoms with Crippen LogP contribution in [0.25, 0.3) is 0 Å². The summed E-state index contributed by atoms with van der Waals surface area (Å²) in [5.41, 5.74) is 0.163. The molecule has 0 fully saturated rings. The van der Waals surface area contributed by atoms with E-state index < -0.39 is 4.92 Å². The number of carbonyl (C=O) groups excluding carboxylic acids is 1. The maximum absolute atomic E-state index is 11.8. The number of rotatable bonds is 5. The first kappa shape index (κ1) is 15.5. The van der Waals surface area contributed by atoms with Crippen LogP contribution in [0.4, 0.5) is 5.69 Å². The Morgan fingerprint density at radius 1 is 1.53 bits per heavy atom. The predicted octanol–water partition coefficient (Wildman–Crippen LogP) is 1.77. The van der Waals surface area contributed by atoms with Gasteiger partial charge in [0.15, 0.2) is 0 Å². The summed E-state index contributed by atoms with van der Waals surface area (Å²) in [5, 5.41) is 19.9. The van der Waals surface area contributed by atoms with Gasteiger partial charge in [-0.2, -0.15) is 0 Å². The van der Waals surface area contributed by atoms with Gasteiger partial charge in [-0.3, -0.25) is 14.9 Å². The minimum Gasteiger partial charge on any atom is -0.395 e. The van der Waals surface area contributed by atoms with Crippen molar-refractivity contribution in [3.05, 3.63) is 33.9 Å². The Morgan fingerprint density at radius 3 is 2.63 bits per heavy atom. The van der Waals surface area contributed by atoms with Crippen molar-refractivity contribution in [1.29, 1.82) is 0 Å². The van der Waals surface area contributed by atoms with Gasteiger partial charge in [-0.05, 0) is 12.1 Å². The van der Waals surface area contributed by atoms with Crippen LogP contribution in [0.3, 0.4) is 0 Å².